The van der Waals surface area contributed by atoms with Crippen molar-refractivity contribution in [2.75, 3.05) is 57.8 Å². The number of hydrogen-bond donors (Lipinski definition) is 1. The quantitative estimate of drug-likeness (QED) is 0.703. The van der Waals surface area contributed by atoms with Crippen LogP contribution in [0.4, 0.5) is 18.9 Å². The number of hydrogen-bond acceptors (Lipinski definition) is 5. The molecule has 0 bridgehead atoms. The topological polar surface area (TPSA) is 68.6 Å². The molecule has 0 radical (unpaired) electrons. The molecule has 28 heavy (non-hydrogen) atoms. The maximum Gasteiger partial charge on any atom is 0.416 e. The molecule has 1 heterocycles. The fourth-order valence-electron chi connectivity index (χ4n) is 2.78. The van der Waals surface area contributed by atoms with Crippen LogP contribution in [0.25, 0.3) is 0 Å². The zero-order valence-corrected chi connectivity index (χ0v) is 16.0. The maximum absolute atomic E-state index is 12.9. The van der Waals surface area contributed by atoms with Crippen LogP contribution in [0.15, 0.2) is 18.2 Å². The smallest absolute Gasteiger partial charge is 0.379 e. The van der Waals surface area contributed by atoms with E-state index in [0.717, 1.165) is 31.3 Å². The summed E-state index contributed by atoms with van der Waals surface area (Å²) in [5, 5.41) is 11.3. The van der Waals surface area contributed by atoms with Gasteiger partial charge in [-0.05, 0) is 18.2 Å². The van der Waals surface area contributed by atoms with E-state index >= 15 is 0 Å². The Labute approximate surface area is 166 Å². The number of carbonyl (C=O) groups is 1. The molecule has 0 aromatic heterocycles. The van der Waals surface area contributed by atoms with Crippen LogP contribution in [0, 0.1) is 11.3 Å². The number of ether oxygens (including phenoxy) is 1. The molecule has 1 fully saturated rings. The number of nitriles is 1. The maximum atomic E-state index is 12.9. The van der Waals surface area contributed by atoms with Gasteiger partial charge in [0, 0.05) is 39.1 Å². The van der Waals surface area contributed by atoms with Crippen molar-refractivity contribution in [3.8, 4) is 6.07 Å². The van der Waals surface area contributed by atoms with E-state index in [-0.39, 0.29) is 23.7 Å². The Balaban J connectivity index is 1.95. The number of nitrogens with zero attached hydrogens (tertiary/aromatic N) is 3. The van der Waals surface area contributed by atoms with E-state index in [4.69, 9.17) is 21.6 Å². The summed E-state index contributed by atoms with van der Waals surface area (Å²) in [6, 6.07) is 4.82. The lowest BCUT2D eigenvalue weighted by Crippen LogP contribution is -2.43. The van der Waals surface area contributed by atoms with Crippen LogP contribution in [-0.2, 0) is 15.7 Å². The molecule has 1 N–H and O–H groups in total. The number of anilines is 1. The monoisotopic (exact) mass is 418 g/mol. The standard InChI is InChI=1S/C18H22ClF3N4O2/c19-15-3-2-14(18(20,21)22)12-16(15)24-17(27)13-26(5-1-4-23)7-6-25-8-10-28-11-9-25/h2-3,12H,1,5-11,13H2,(H,24,27). The van der Waals surface area contributed by atoms with Gasteiger partial charge < -0.3 is 10.1 Å². The Hall–Kier alpha value is -1.86. The molecular formula is C18H22ClF3N4O2. The molecule has 1 aliphatic rings. The SMILES string of the molecule is N#CCCN(CCN1CCOCC1)CC(=O)Nc1cc(C(F)(F)F)ccc1Cl. The van der Waals surface area contributed by atoms with Crippen molar-refractivity contribution in [1.29, 1.82) is 5.26 Å². The Bertz CT molecular complexity index is 703. The molecule has 154 valence electrons. The number of carbonyl (C=O) groups excluding carboxylic acids is 1. The van der Waals surface area contributed by atoms with Crippen molar-refractivity contribution in [1.82, 2.24) is 9.80 Å². The van der Waals surface area contributed by atoms with Gasteiger partial charge in [-0.1, -0.05) is 11.6 Å². The minimum Gasteiger partial charge on any atom is -0.379 e. The van der Waals surface area contributed by atoms with Crippen LogP contribution in [0.5, 0.6) is 0 Å². The van der Waals surface area contributed by atoms with Crippen molar-refractivity contribution < 1.29 is 22.7 Å². The molecule has 0 aliphatic carbocycles. The molecule has 0 atom stereocenters. The van der Waals surface area contributed by atoms with Crippen LogP contribution in [-0.4, -0.2) is 68.2 Å². The van der Waals surface area contributed by atoms with Gasteiger partial charge in [0.15, 0.2) is 0 Å². The van der Waals surface area contributed by atoms with Crippen molar-refractivity contribution in [2.24, 2.45) is 0 Å². The highest BCUT2D eigenvalue weighted by Crippen LogP contribution is 2.33. The van der Waals surface area contributed by atoms with Crippen LogP contribution in [0.3, 0.4) is 0 Å². The number of alkyl halides is 3. The van der Waals surface area contributed by atoms with Gasteiger partial charge in [0.25, 0.3) is 0 Å². The first-order valence-corrected chi connectivity index (χ1v) is 9.23. The average Bonchev–Trinajstić information content (AvgIpc) is 2.65. The zero-order valence-electron chi connectivity index (χ0n) is 15.3. The molecule has 10 heteroatoms. The first-order chi connectivity index (χ1) is 13.3. The van der Waals surface area contributed by atoms with Crippen molar-refractivity contribution >= 4 is 23.2 Å². The average molecular weight is 419 g/mol. The lowest BCUT2D eigenvalue weighted by molar-refractivity contribution is -0.137. The third-order valence-electron chi connectivity index (χ3n) is 4.31. The lowest BCUT2D eigenvalue weighted by atomic mass is 10.2. The highest BCUT2D eigenvalue weighted by molar-refractivity contribution is 6.33. The fraction of sp³-hybridized carbons (Fsp3) is 0.556. The van der Waals surface area contributed by atoms with Gasteiger partial charge >= 0.3 is 6.18 Å². The van der Waals surface area contributed by atoms with Crippen LogP contribution >= 0.6 is 11.6 Å². The first kappa shape index (κ1) is 22.4. The van der Waals surface area contributed by atoms with E-state index in [1.54, 1.807) is 4.90 Å². The van der Waals surface area contributed by atoms with Gasteiger partial charge in [0.1, 0.15) is 0 Å². The largest absolute Gasteiger partial charge is 0.416 e. The second kappa shape index (κ2) is 10.6. The highest BCUT2D eigenvalue weighted by atomic mass is 35.5. The second-order valence-electron chi connectivity index (χ2n) is 6.38. The number of rotatable bonds is 8. The lowest BCUT2D eigenvalue weighted by Gasteiger charge is -2.29. The van der Waals surface area contributed by atoms with Crippen molar-refractivity contribution in [2.45, 2.75) is 12.6 Å². The van der Waals surface area contributed by atoms with Gasteiger partial charge in [-0.2, -0.15) is 18.4 Å². The molecule has 1 amide bonds. The van der Waals surface area contributed by atoms with E-state index in [1.165, 1.54) is 0 Å². The van der Waals surface area contributed by atoms with Gasteiger partial charge in [-0.3, -0.25) is 14.6 Å². The van der Waals surface area contributed by atoms with Crippen LogP contribution in [0.2, 0.25) is 5.02 Å². The van der Waals surface area contributed by atoms with E-state index in [0.29, 0.717) is 32.8 Å². The summed E-state index contributed by atoms with van der Waals surface area (Å²) < 4.78 is 43.9. The number of amides is 1. The summed E-state index contributed by atoms with van der Waals surface area (Å²) in [6.45, 7) is 4.55. The molecule has 0 saturated carbocycles. The summed E-state index contributed by atoms with van der Waals surface area (Å²) in [5.74, 6) is -0.485. The van der Waals surface area contributed by atoms with Gasteiger partial charge in [-0.25, -0.2) is 0 Å². The molecule has 1 aromatic carbocycles. The molecule has 6 nitrogen and oxygen atoms in total. The summed E-state index contributed by atoms with van der Waals surface area (Å²) in [7, 11) is 0. The van der Waals surface area contributed by atoms with E-state index in [1.807, 2.05) is 6.07 Å². The number of nitrogens with one attached hydrogen (secondary N) is 1. The van der Waals surface area contributed by atoms with E-state index in [9.17, 15) is 18.0 Å². The van der Waals surface area contributed by atoms with Gasteiger partial charge in [-0.15, -0.1) is 0 Å². The predicted octanol–water partition coefficient (Wildman–Crippen LogP) is 2.85. The van der Waals surface area contributed by atoms with Crippen molar-refractivity contribution in [3.63, 3.8) is 0 Å². The normalized spacial score (nSPS) is 15.4. The predicted molar refractivity (Wildman–Crippen MR) is 99.0 cm³/mol. The van der Waals surface area contributed by atoms with Crippen molar-refractivity contribution in [3.05, 3.63) is 28.8 Å². The molecule has 0 unspecified atom stereocenters. The highest BCUT2D eigenvalue weighted by Gasteiger charge is 2.31. The summed E-state index contributed by atoms with van der Waals surface area (Å²) in [4.78, 5) is 16.3. The molecule has 2 rings (SSSR count). The summed E-state index contributed by atoms with van der Waals surface area (Å²) in [5.41, 5.74) is -0.976. The van der Waals surface area contributed by atoms with Gasteiger partial charge in [0.2, 0.25) is 5.91 Å². The van der Waals surface area contributed by atoms with Crippen LogP contribution < -0.4 is 5.32 Å². The molecule has 0 spiro atoms. The number of benzene rings is 1. The third-order valence-corrected chi connectivity index (χ3v) is 4.64. The first-order valence-electron chi connectivity index (χ1n) is 8.85. The summed E-state index contributed by atoms with van der Waals surface area (Å²) in [6.07, 6.45) is -4.28. The number of halogens is 4. The molecule has 1 aliphatic heterocycles. The number of morpholine rings is 1. The Morgan fingerprint density at radius 3 is 2.68 bits per heavy atom. The zero-order chi connectivity index (χ0) is 20.6. The molecule has 1 saturated heterocycles. The Kier molecular flexibility index (Phi) is 8.51. The Morgan fingerprint density at radius 1 is 1.32 bits per heavy atom. The van der Waals surface area contributed by atoms with E-state index < -0.39 is 17.6 Å². The van der Waals surface area contributed by atoms with E-state index in [2.05, 4.69) is 10.2 Å². The Morgan fingerprint density at radius 2 is 2.04 bits per heavy atom. The third kappa shape index (κ3) is 7.28. The van der Waals surface area contributed by atoms with Gasteiger partial charge in [0.05, 0.1) is 42.1 Å². The molecular weight excluding hydrogens is 397 g/mol. The second-order valence-corrected chi connectivity index (χ2v) is 6.79. The summed E-state index contributed by atoms with van der Waals surface area (Å²) >= 11 is 5.92. The fourth-order valence-corrected chi connectivity index (χ4v) is 2.94. The minimum absolute atomic E-state index is 0.0261. The van der Waals surface area contributed by atoms with Crippen LogP contribution in [0.1, 0.15) is 12.0 Å². The minimum atomic E-state index is -4.53. The molecule has 1 aromatic rings.